The fraction of sp³-hybridized carbons (Fsp3) is 0.207. The largest absolute Gasteiger partial charge is 0.339 e. The van der Waals surface area contributed by atoms with Gasteiger partial charge in [0.15, 0.2) is 5.78 Å². The van der Waals surface area contributed by atoms with E-state index in [1.54, 1.807) is 44.5 Å². The molecular weight excluding hydrogens is 507 g/mol. The summed E-state index contributed by atoms with van der Waals surface area (Å²) in [5.74, 6) is -1.14. The van der Waals surface area contributed by atoms with Crippen LogP contribution in [0.15, 0.2) is 77.7 Å². The lowest BCUT2D eigenvalue weighted by molar-refractivity contribution is 0.0696. The maximum absolute atomic E-state index is 14.2. The first-order chi connectivity index (χ1) is 18.4. The number of nitrogens with zero attached hydrogens (tertiary/aromatic N) is 3. The molecule has 1 N–H and O–H groups in total. The number of H-pyrrole nitrogens is 1. The van der Waals surface area contributed by atoms with E-state index in [1.165, 1.54) is 18.2 Å². The summed E-state index contributed by atoms with van der Waals surface area (Å²) in [7, 11) is 0. The standard InChI is InChI=1S/C29H24ClFN4O3/c30-18-9-10-20-22(16-34(26(20)15-18)17-27(36)21-5-1-2-6-23(21)31)28(37)33-13-11-19(12-14-33)35-25-8-4-3-7-24(25)32-29(35)38/h1-10,15-16,19H,11-14,17H2,(H,32,38). The summed E-state index contributed by atoms with van der Waals surface area (Å²) in [5, 5.41) is 1.15. The quantitative estimate of drug-likeness (QED) is 0.307. The van der Waals surface area contributed by atoms with Gasteiger partial charge in [-0.1, -0.05) is 41.9 Å². The molecule has 1 amide bonds. The van der Waals surface area contributed by atoms with Crippen LogP contribution < -0.4 is 5.69 Å². The number of halogens is 2. The number of aromatic nitrogens is 3. The maximum atomic E-state index is 14.2. The summed E-state index contributed by atoms with van der Waals surface area (Å²) >= 11 is 6.24. The van der Waals surface area contributed by atoms with Crippen molar-refractivity contribution in [2.75, 3.05) is 13.1 Å². The van der Waals surface area contributed by atoms with Crippen LogP contribution >= 0.6 is 11.6 Å². The Balaban J connectivity index is 1.26. The summed E-state index contributed by atoms with van der Waals surface area (Å²) in [4.78, 5) is 43.9. The Morgan fingerprint density at radius 3 is 2.47 bits per heavy atom. The first-order valence-electron chi connectivity index (χ1n) is 12.5. The van der Waals surface area contributed by atoms with Crippen molar-refractivity contribution >= 4 is 45.2 Å². The topological polar surface area (TPSA) is 80.1 Å². The highest BCUT2D eigenvalue weighted by atomic mass is 35.5. The third kappa shape index (κ3) is 4.20. The zero-order valence-electron chi connectivity index (χ0n) is 20.4. The molecule has 1 fully saturated rings. The molecular formula is C29H24ClFN4O3. The normalized spacial score (nSPS) is 14.4. The molecule has 0 aliphatic carbocycles. The first-order valence-corrected chi connectivity index (χ1v) is 12.8. The van der Waals surface area contributed by atoms with Gasteiger partial charge in [-0.15, -0.1) is 0 Å². The number of nitrogens with one attached hydrogen (secondary N) is 1. The number of hydrogen-bond donors (Lipinski definition) is 1. The van der Waals surface area contributed by atoms with E-state index in [2.05, 4.69) is 4.98 Å². The number of fused-ring (bicyclic) bond motifs is 2. The lowest BCUT2D eigenvalue weighted by Crippen LogP contribution is -2.40. The Kier molecular flexibility index (Phi) is 6.12. The number of piperidine rings is 1. The van der Waals surface area contributed by atoms with E-state index in [-0.39, 0.29) is 29.7 Å². The van der Waals surface area contributed by atoms with E-state index in [9.17, 15) is 18.8 Å². The SMILES string of the molecule is O=C(Cn1cc(C(=O)N2CCC(n3c(=O)[nH]c4ccccc43)CC2)c2ccc(Cl)cc21)c1ccccc1F. The molecule has 1 saturated heterocycles. The Bertz CT molecular complexity index is 1760. The lowest BCUT2D eigenvalue weighted by Gasteiger charge is -2.32. The van der Waals surface area contributed by atoms with E-state index in [1.807, 2.05) is 24.3 Å². The van der Waals surface area contributed by atoms with E-state index < -0.39 is 11.6 Å². The van der Waals surface area contributed by atoms with Gasteiger partial charge in [-0.05, 0) is 49.2 Å². The molecule has 38 heavy (non-hydrogen) atoms. The van der Waals surface area contributed by atoms with Crippen molar-refractivity contribution in [2.24, 2.45) is 0 Å². The zero-order valence-corrected chi connectivity index (χ0v) is 21.1. The number of carbonyl (C=O) groups excluding carboxylic acids is 2. The van der Waals surface area contributed by atoms with Gasteiger partial charge in [0, 0.05) is 35.7 Å². The van der Waals surface area contributed by atoms with Crippen molar-refractivity contribution in [3.63, 3.8) is 0 Å². The summed E-state index contributed by atoms with van der Waals surface area (Å²) in [6.07, 6.45) is 2.94. The second-order valence-electron chi connectivity index (χ2n) is 9.58. The number of amides is 1. The molecule has 0 spiro atoms. The van der Waals surface area contributed by atoms with Gasteiger partial charge in [-0.3, -0.25) is 14.2 Å². The number of imidazole rings is 1. The Morgan fingerprint density at radius 2 is 1.68 bits per heavy atom. The molecule has 3 heterocycles. The number of benzene rings is 3. The number of Topliss-reactive ketones (excluding diaryl/α,β-unsaturated/α-hetero) is 1. The molecule has 6 rings (SSSR count). The molecule has 0 saturated carbocycles. The van der Waals surface area contributed by atoms with Gasteiger partial charge in [0.25, 0.3) is 5.91 Å². The predicted molar refractivity (Wildman–Crippen MR) is 144 cm³/mol. The predicted octanol–water partition coefficient (Wildman–Crippen LogP) is 5.44. The van der Waals surface area contributed by atoms with Crippen molar-refractivity contribution in [1.82, 2.24) is 19.0 Å². The summed E-state index contributed by atoms with van der Waals surface area (Å²) in [5.41, 5.74) is 2.61. The minimum atomic E-state index is -0.583. The number of likely N-dealkylation sites (tertiary alicyclic amines) is 1. The van der Waals surface area contributed by atoms with Crippen LogP contribution in [0.1, 0.15) is 39.6 Å². The zero-order chi connectivity index (χ0) is 26.4. The molecule has 1 aliphatic rings. The molecule has 9 heteroatoms. The van der Waals surface area contributed by atoms with Crippen LogP contribution in [-0.2, 0) is 6.54 Å². The van der Waals surface area contributed by atoms with E-state index in [4.69, 9.17) is 11.6 Å². The molecule has 5 aromatic rings. The second-order valence-corrected chi connectivity index (χ2v) is 10.0. The van der Waals surface area contributed by atoms with Gasteiger partial charge in [0.05, 0.1) is 34.2 Å². The van der Waals surface area contributed by atoms with Crippen LogP contribution in [0.3, 0.4) is 0 Å². The Labute approximate surface area is 222 Å². The molecule has 2 aromatic heterocycles. The van der Waals surface area contributed by atoms with Crippen molar-refractivity contribution in [3.8, 4) is 0 Å². The van der Waals surface area contributed by atoms with Gasteiger partial charge in [-0.2, -0.15) is 0 Å². The molecule has 192 valence electrons. The van der Waals surface area contributed by atoms with E-state index in [0.717, 1.165) is 11.0 Å². The van der Waals surface area contributed by atoms with E-state index >= 15 is 0 Å². The number of carbonyl (C=O) groups is 2. The van der Waals surface area contributed by atoms with Crippen LogP contribution in [0.4, 0.5) is 4.39 Å². The average molecular weight is 531 g/mol. The first kappa shape index (κ1) is 24.2. The number of rotatable bonds is 5. The monoisotopic (exact) mass is 530 g/mol. The third-order valence-electron chi connectivity index (χ3n) is 7.30. The molecule has 7 nitrogen and oxygen atoms in total. The van der Waals surface area contributed by atoms with Crippen molar-refractivity contribution in [2.45, 2.75) is 25.4 Å². The molecule has 3 aromatic carbocycles. The second kappa shape index (κ2) is 9.61. The number of hydrogen-bond acceptors (Lipinski definition) is 3. The van der Waals surface area contributed by atoms with Crippen molar-refractivity contribution < 1.29 is 14.0 Å². The van der Waals surface area contributed by atoms with Crippen molar-refractivity contribution in [3.05, 3.63) is 105 Å². The highest BCUT2D eigenvalue weighted by Gasteiger charge is 2.28. The smallest absolute Gasteiger partial charge is 0.326 e. The maximum Gasteiger partial charge on any atom is 0.326 e. The van der Waals surface area contributed by atoms with Crippen LogP contribution in [0, 0.1) is 5.82 Å². The summed E-state index contributed by atoms with van der Waals surface area (Å²) in [6.45, 7) is 0.852. The van der Waals surface area contributed by atoms with Gasteiger partial charge in [0.1, 0.15) is 5.82 Å². The Hall–Kier alpha value is -4.17. The molecule has 0 bridgehead atoms. The van der Waals surface area contributed by atoms with Gasteiger partial charge >= 0.3 is 5.69 Å². The van der Waals surface area contributed by atoms with Gasteiger partial charge < -0.3 is 14.5 Å². The minimum absolute atomic E-state index is 0.00106. The van der Waals surface area contributed by atoms with Crippen LogP contribution in [-0.4, -0.2) is 43.8 Å². The highest BCUT2D eigenvalue weighted by molar-refractivity contribution is 6.31. The lowest BCUT2D eigenvalue weighted by atomic mass is 10.0. The molecule has 0 radical (unpaired) electrons. The molecule has 0 atom stereocenters. The van der Waals surface area contributed by atoms with Gasteiger partial charge in [0.2, 0.25) is 0 Å². The number of para-hydroxylation sites is 2. The summed E-state index contributed by atoms with van der Waals surface area (Å²) in [6, 6.07) is 18.6. The Morgan fingerprint density at radius 1 is 0.947 bits per heavy atom. The minimum Gasteiger partial charge on any atom is -0.339 e. The third-order valence-corrected chi connectivity index (χ3v) is 7.54. The van der Waals surface area contributed by atoms with E-state index in [0.29, 0.717) is 47.4 Å². The molecule has 1 aliphatic heterocycles. The van der Waals surface area contributed by atoms with Crippen LogP contribution in [0.5, 0.6) is 0 Å². The highest BCUT2D eigenvalue weighted by Crippen LogP contribution is 2.30. The number of ketones is 1. The summed E-state index contributed by atoms with van der Waals surface area (Å²) < 4.78 is 17.7. The molecule has 0 unspecified atom stereocenters. The van der Waals surface area contributed by atoms with Crippen LogP contribution in [0.25, 0.3) is 21.9 Å². The van der Waals surface area contributed by atoms with Crippen molar-refractivity contribution in [1.29, 1.82) is 0 Å². The average Bonchev–Trinajstić information content (AvgIpc) is 3.45. The van der Waals surface area contributed by atoms with Crippen LogP contribution in [0.2, 0.25) is 5.02 Å². The fourth-order valence-electron chi connectivity index (χ4n) is 5.43. The number of aromatic amines is 1. The van der Waals surface area contributed by atoms with Gasteiger partial charge in [-0.25, -0.2) is 9.18 Å². The fourth-order valence-corrected chi connectivity index (χ4v) is 5.59.